The summed E-state index contributed by atoms with van der Waals surface area (Å²) in [6, 6.07) is 9.09. The minimum atomic E-state index is -1.12. The van der Waals surface area contributed by atoms with E-state index >= 15 is 0 Å². The number of carbonyl (C=O) groups excluding carboxylic acids is 2. The average Bonchev–Trinajstić information content (AvgIpc) is 3.46. The zero-order valence-electron chi connectivity index (χ0n) is 21.7. The second kappa shape index (κ2) is 15.0. The Labute approximate surface area is 248 Å². The summed E-state index contributed by atoms with van der Waals surface area (Å²) < 4.78 is 5.36. The predicted molar refractivity (Wildman–Crippen MR) is 155 cm³/mol. The van der Waals surface area contributed by atoms with Crippen molar-refractivity contribution in [2.75, 3.05) is 19.8 Å². The molecule has 1 saturated carbocycles. The third-order valence-corrected chi connectivity index (χ3v) is 9.63. The van der Waals surface area contributed by atoms with E-state index in [2.05, 4.69) is 0 Å². The summed E-state index contributed by atoms with van der Waals surface area (Å²) in [5.41, 5.74) is 5.09. The van der Waals surface area contributed by atoms with Crippen LogP contribution in [0.1, 0.15) is 58.6 Å². The second-order valence-corrected chi connectivity index (χ2v) is 13.1. The molecule has 11 heteroatoms. The number of thiophene rings is 1. The SMILES string of the molecule is NC(=O)CCC(CO)(CO)COC(=O)c1ccc(CCCC2C(Cl)CC(O)C2CCc2cc(Cl)cc(Cl)c2)s1. The van der Waals surface area contributed by atoms with Gasteiger partial charge in [-0.15, -0.1) is 22.9 Å². The van der Waals surface area contributed by atoms with Gasteiger partial charge in [0.2, 0.25) is 5.91 Å². The van der Waals surface area contributed by atoms with Crippen LogP contribution in [0.2, 0.25) is 10.0 Å². The van der Waals surface area contributed by atoms with Gasteiger partial charge in [0.1, 0.15) is 11.5 Å². The molecule has 1 amide bonds. The van der Waals surface area contributed by atoms with Gasteiger partial charge in [0.05, 0.1) is 24.7 Å². The maximum absolute atomic E-state index is 12.6. The zero-order chi connectivity index (χ0) is 28.6. The fourth-order valence-corrected chi connectivity index (χ4v) is 7.22. The number of hydrogen-bond acceptors (Lipinski definition) is 7. The highest BCUT2D eigenvalue weighted by Gasteiger charge is 2.40. The quantitative estimate of drug-likeness (QED) is 0.164. The number of nitrogens with two attached hydrogens (primary N) is 1. The van der Waals surface area contributed by atoms with Crippen LogP contribution in [-0.4, -0.2) is 58.5 Å². The number of aliphatic hydroxyl groups is 3. The molecule has 1 aromatic carbocycles. The summed E-state index contributed by atoms with van der Waals surface area (Å²) in [5, 5.41) is 31.2. The molecule has 7 nitrogen and oxygen atoms in total. The van der Waals surface area contributed by atoms with Crippen molar-refractivity contribution in [2.45, 2.75) is 62.8 Å². The molecule has 0 radical (unpaired) electrons. The molecule has 2 aromatic rings. The number of aliphatic hydroxyl groups excluding tert-OH is 3. The van der Waals surface area contributed by atoms with E-state index in [-0.39, 0.29) is 36.7 Å². The maximum Gasteiger partial charge on any atom is 0.348 e. The summed E-state index contributed by atoms with van der Waals surface area (Å²) in [5.74, 6) is -0.823. The number of rotatable bonds is 15. The lowest BCUT2D eigenvalue weighted by Gasteiger charge is -2.28. The van der Waals surface area contributed by atoms with Gasteiger partial charge in [-0.05, 0) is 92.7 Å². The van der Waals surface area contributed by atoms with Crippen LogP contribution < -0.4 is 5.73 Å². The van der Waals surface area contributed by atoms with Crippen molar-refractivity contribution in [3.8, 4) is 0 Å². The number of primary amides is 1. The first-order valence-electron chi connectivity index (χ1n) is 13.1. The second-order valence-electron chi connectivity index (χ2n) is 10.5. The summed E-state index contributed by atoms with van der Waals surface area (Å²) in [6.07, 6.45) is 4.26. The fourth-order valence-electron chi connectivity index (χ4n) is 5.21. The number of halogens is 3. The molecule has 39 heavy (non-hydrogen) atoms. The highest BCUT2D eigenvalue weighted by atomic mass is 35.5. The van der Waals surface area contributed by atoms with Gasteiger partial charge in [-0.2, -0.15) is 0 Å². The minimum absolute atomic E-state index is 0.0290. The smallest absolute Gasteiger partial charge is 0.348 e. The third kappa shape index (κ3) is 9.32. The van der Waals surface area contributed by atoms with Gasteiger partial charge in [-0.1, -0.05) is 23.2 Å². The fraction of sp³-hybridized carbons (Fsp3) is 0.571. The Hall–Kier alpha value is -1.39. The molecule has 4 unspecified atom stereocenters. The van der Waals surface area contributed by atoms with Crippen LogP contribution in [0, 0.1) is 17.3 Å². The molecule has 5 N–H and O–H groups in total. The molecule has 1 aliphatic rings. The molecule has 0 bridgehead atoms. The van der Waals surface area contributed by atoms with Crippen LogP contribution in [0.5, 0.6) is 0 Å². The molecule has 1 heterocycles. The van der Waals surface area contributed by atoms with Gasteiger partial charge in [-0.3, -0.25) is 4.79 Å². The largest absolute Gasteiger partial charge is 0.461 e. The molecular weight excluding hydrogens is 585 g/mol. The van der Waals surface area contributed by atoms with Crippen LogP contribution in [0.15, 0.2) is 30.3 Å². The van der Waals surface area contributed by atoms with Crippen molar-refractivity contribution in [3.05, 3.63) is 55.7 Å². The Morgan fingerprint density at radius 3 is 2.38 bits per heavy atom. The van der Waals surface area contributed by atoms with Crippen LogP contribution >= 0.6 is 46.1 Å². The molecule has 1 aliphatic carbocycles. The molecule has 216 valence electrons. The summed E-state index contributed by atoms with van der Waals surface area (Å²) in [6.45, 7) is -1.10. The molecule has 1 aromatic heterocycles. The molecular formula is C28H36Cl3NO6S. The van der Waals surface area contributed by atoms with Gasteiger partial charge >= 0.3 is 5.97 Å². The van der Waals surface area contributed by atoms with Crippen LogP contribution in [-0.2, 0) is 22.4 Å². The molecule has 0 spiro atoms. The van der Waals surface area contributed by atoms with Crippen molar-refractivity contribution >= 4 is 58.0 Å². The number of benzene rings is 1. The van der Waals surface area contributed by atoms with E-state index < -0.39 is 36.6 Å². The van der Waals surface area contributed by atoms with Gasteiger partial charge < -0.3 is 25.8 Å². The number of carbonyl (C=O) groups is 2. The summed E-state index contributed by atoms with van der Waals surface area (Å²) in [4.78, 5) is 25.1. The number of esters is 1. The molecule has 4 atom stereocenters. The Morgan fingerprint density at radius 1 is 1.05 bits per heavy atom. The van der Waals surface area contributed by atoms with E-state index in [1.807, 2.05) is 18.2 Å². The molecule has 1 fully saturated rings. The third-order valence-electron chi connectivity index (χ3n) is 7.57. The topological polar surface area (TPSA) is 130 Å². The van der Waals surface area contributed by atoms with Crippen molar-refractivity contribution in [1.82, 2.24) is 0 Å². The highest BCUT2D eigenvalue weighted by Crippen LogP contribution is 2.42. The van der Waals surface area contributed by atoms with Crippen LogP contribution in [0.25, 0.3) is 0 Å². The Kier molecular flexibility index (Phi) is 12.4. The first-order chi connectivity index (χ1) is 18.6. The average molecular weight is 621 g/mol. The minimum Gasteiger partial charge on any atom is -0.461 e. The first-order valence-corrected chi connectivity index (χ1v) is 15.1. The van der Waals surface area contributed by atoms with Crippen LogP contribution in [0.3, 0.4) is 0 Å². The lowest BCUT2D eigenvalue weighted by molar-refractivity contribution is -0.119. The predicted octanol–water partition coefficient (Wildman–Crippen LogP) is 5.01. The normalized spacial score (nSPS) is 21.3. The van der Waals surface area contributed by atoms with E-state index in [4.69, 9.17) is 45.3 Å². The summed E-state index contributed by atoms with van der Waals surface area (Å²) in [7, 11) is 0. The van der Waals surface area contributed by atoms with Gasteiger partial charge in [0.25, 0.3) is 0 Å². The number of hydrogen-bond donors (Lipinski definition) is 4. The summed E-state index contributed by atoms with van der Waals surface area (Å²) >= 11 is 20.2. The van der Waals surface area contributed by atoms with Gasteiger partial charge in [0.15, 0.2) is 0 Å². The Bertz CT molecular complexity index is 1090. The van der Waals surface area contributed by atoms with Crippen molar-refractivity contribution in [3.63, 3.8) is 0 Å². The number of ether oxygens (including phenoxy) is 1. The molecule has 3 rings (SSSR count). The lowest BCUT2D eigenvalue weighted by atomic mass is 9.85. The van der Waals surface area contributed by atoms with E-state index in [0.29, 0.717) is 21.3 Å². The first kappa shape index (κ1) is 32.1. The number of alkyl halides is 1. The van der Waals surface area contributed by atoms with Crippen molar-refractivity contribution in [1.29, 1.82) is 0 Å². The van der Waals surface area contributed by atoms with Gasteiger partial charge in [-0.25, -0.2) is 4.79 Å². The number of aryl methyl sites for hydroxylation is 2. The van der Waals surface area contributed by atoms with E-state index in [9.17, 15) is 24.9 Å². The van der Waals surface area contributed by atoms with E-state index in [1.54, 1.807) is 12.1 Å². The van der Waals surface area contributed by atoms with E-state index in [1.165, 1.54) is 11.3 Å². The highest BCUT2D eigenvalue weighted by molar-refractivity contribution is 7.13. The zero-order valence-corrected chi connectivity index (χ0v) is 24.7. The molecule has 0 saturated heterocycles. The lowest BCUT2D eigenvalue weighted by Crippen LogP contribution is -2.37. The van der Waals surface area contributed by atoms with Crippen molar-refractivity contribution < 1.29 is 29.6 Å². The maximum atomic E-state index is 12.6. The monoisotopic (exact) mass is 619 g/mol. The Balaban J connectivity index is 1.50. The standard InChI is InChI=1S/C28H36Cl3NO6S/c29-18-10-17(11-19(30)12-18)4-6-22-21(23(31)13-24(22)35)3-1-2-20-5-7-25(39-20)27(37)38-16-28(14-33,15-34)9-8-26(32)36/h5,7,10-12,21-24,33-35H,1-4,6,8-9,13-16H2,(H2,32,36). The van der Waals surface area contributed by atoms with Gasteiger partial charge in [0, 0.05) is 26.7 Å². The van der Waals surface area contributed by atoms with Crippen molar-refractivity contribution in [2.24, 2.45) is 23.0 Å². The number of amides is 1. The van der Waals surface area contributed by atoms with E-state index in [0.717, 1.165) is 42.5 Å². The Morgan fingerprint density at radius 2 is 1.74 bits per heavy atom. The molecule has 0 aliphatic heterocycles. The van der Waals surface area contributed by atoms with Crippen LogP contribution in [0.4, 0.5) is 0 Å².